The van der Waals surface area contributed by atoms with Gasteiger partial charge in [-0.3, -0.25) is 4.99 Å². The first-order chi connectivity index (χ1) is 13.7. The molecule has 7 heteroatoms. The number of nitrogens with zero attached hydrogens (tertiary/aromatic N) is 3. The molecule has 1 atom stereocenters. The van der Waals surface area contributed by atoms with Crippen molar-refractivity contribution in [1.82, 2.24) is 4.68 Å². The Bertz CT molecular complexity index is 1020. The zero-order valence-corrected chi connectivity index (χ0v) is 16.7. The first kappa shape index (κ1) is 19.1. The number of benzene rings is 2. The largest absolute Gasteiger partial charge is 0.376 e. The molecule has 0 unspecified atom stereocenters. The van der Waals surface area contributed by atoms with Crippen molar-refractivity contribution in [3.63, 3.8) is 0 Å². The molecule has 0 spiro atoms. The maximum Gasteiger partial charge on any atom is 0.206 e. The zero-order chi connectivity index (χ0) is 19.3. The highest BCUT2D eigenvalue weighted by molar-refractivity contribution is 7.07. The lowest BCUT2D eigenvalue weighted by Gasteiger charge is -2.06. The standard InChI is InChI=1S/C21H19ClFN3OS/c22-17-7-5-16(6-8-17)20-14-28-21(24-13-19-2-1-11-27-19)26(20)25-12-15-3-9-18(23)10-4-15/h3-10,12,14,19H,1-2,11,13H2/b24-21?,25-12-/t19-/m0/s1. The molecule has 2 aromatic carbocycles. The predicted octanol–water partition coefficient (Wildman–Crippen LogP) is 4.97. The average molecular weight is 416 g/mol. The summed E-state index contributed by atoms with van der Waals surface area (Å²) in [5.74, 6) is -0.269. The minimum Gasteiger partial charge on any atom is -0.376 e. The molecular formula is C21H19ClFN3OS. The Hall–Kier alpha value is -2.28. The summed E-state index contributed by atoms with van der Waals surface area (Å²) in [7, 11) is 0. The molecule has 1 aliphatic heterocycles. The van der Waals surface area contributed by atoms with Crippen molar-refractivity contribution < 1.29 is 9.13 Å². The van der Waals surface area contributed by atoms with Crippen LogP contribution in [0.4, 0.5) is 4.39 Å². The number of rotatable bonds is 5. The first-order valence-corrected chi connectivity index (χ1v) is 10.3. The monoisotopic (exact) mass is 415 g/mol. The Balaban J connectivity index is 1.70. The van der Waals surface area contributed by atoms with Crippen LogP contribution in [0.1, 0.15) is 18.4 Å². The summed E-state index contributed by atoms with van der Waals surface area (Å²) >= 11 is 7.55. The van der Waals surface area contributed by atoms with Crippen molar-refractivity contribution in [3.8, 4) is 11.3 Å². The smallest absolute Gasteiger partial charge is 0.206 e. The molecule has 4 rings (SSSR count). The molecule has 1 fully saturated rings. The minimum atomic E-state index is -0.269. The van der Waals surface area contributed by atoms with Crippen LogP contribution < -0.4 is 4.80 Å². The molecule has 28 heavy (non-hydrogen) atoms. The van der Waals surface area contributed by atoms with Gasteiger partial charge in [-0.25, -0.2) is 9.07 Å². The van der Waals surface area contributed by atoms with Crippen molar-refractivity contribution in [3.05, 3.63) is 75.1 Å². The van der Waals surface area contributed by atoms with Gasteiger partial charge in [0.25, 0.3) is 0 Å². The topological polar surface area (TPSA) is 38.9 Å². The van der Waals surface area contributed by atoms with Crippen molar-refractivity contribution >= 4 is 29.2 Å². The molecule has 4 nitrogen and oxygen atoms in total. The summed E-state index contributed by atoms with van der Waals surface area (Å²) in [5, 5.41) is 7.33. The van der Waals surface area contributed by atoms with E-state index in [4.69, 9.17) is 21.3 Å². The van der Waals surface area contributed by atoms with E-state index in [-0.39, 0.29) is 11.9 Å². The summed E-state index contributed by atoms with van der Waals surface area (Å²) in [4.78, 5) is 5.53. The van der Waals surface area contributed by atoms with Gasteiger partial charge >= 0.3 is 0 Å². The highest BCUT2D eigenvalue weighted by atomic mass is 35.5. The van der Waals surface area contributed by atoms with E-state index in [9.17, 15) is 4.39 Å². The second kappa shape index (κ2) is 8.82. The maximum absolute atomic E-state index is 13.1. The molecular weight excluding hydrogens is 397 g/mol. The molecule has 0 amide bonds. The number of hydrogen-bond acceptors (Lipinski definition) is 4. The minimum absolute atomic E-state index is 0.176. The van der Waals surface area contributed by atoms with E-state index in [1.54, 1.807) is 18.3 Å². The lowest BCUT2D eigenvalue weighted by molar-refractivity contribution is 0.117. The van der Waals surface area contributed by atoms with Gasteiger partial charge in [-0.15, -0.1) is 11.3 Å². The molecule has 2 heterocycles. The van der Waals surface area contributed by atoms with Gasteiger partial charge in [0.1, 0.15) is 5.82 Å². The van der Waals surface area contributed by atoms with E-state index >= 15 is 0 Å². The lowest BCUT2D eigenvalue weighted by Crippen LogP contribution is -2.17. The fraction of sp³-hybridized carbons (Fsp3) is 0.238. The van der Waals surface area contributed by atoms with Gasteiger partial charge in [-0.1, -0.05) is 35.9 Å². The molecule has 1 saturated heterocycles. The summed E-state index contributed by atoms with van der Waals surface area (Å²) in [6.45, 7) is 1.43. The van der Waals surface area contributed by atoms with E-state index in [2.05, 4.69) is 5.10 Å². The maximum atomic E-state index is 13.1. The van der Waals surface area contributed by atoms with Crippen LogP contribution in [0, 0.1) is 5.82 Å². The van der Waals surface area contributed by atoms with Gasteiger partial charge in [0.05, 0.1) is 24.6 Å². The van der Waals surface area contributed by atoms with Crippen LogP contribution in [0.3, 0.4) is 0 Å². The third-order valence-electron chi connectivity index (χ3n) is 4.47. The highest BCUT2D eigenvalue weighted by Crippen LogP contribution is 2.22. The number of hydrogen-bond donors (Lipinski definition) is 0. The van der Waals surface area contributed by atoms with Crippen molar-refractivity contribution in [2.75, 3.05) is 13.2 Å². The fourth-order valence-electron chi connectivity index (χ4n) is 2.98. The molecule has 0 saturated carbocycles. The van der Waals surface area contributed by atoms with Gasteiger partial charge in [0, 0.05) is 22.6 Å². The van der Waals surface area contributed by atoms with E-state index < -0.39 is 0 Å². The van der Waals surface area contributed by atoms with Gasteiger partial charge < -0.3 is 4.74 Å². The molecule has 0 bridgehead atoms. The molecule has 0 radical (unpaired) electrons. The van der Waals surface area contributed by atoms with Crippen molar-refractivity contribution in [1.29, 1.82) is 0 Å². The van der Waals surface area contributed by atoms with Gasteiger partial charge in [-0.05, 0) is 42.7 Å². The van der Waals surface area contributed by atoms with Crippen LogP contribution in [0.5, 0.6) is 0 Å². The lowest BCUT2D eigenvalue weighted by atomic mass is 10.2. The van der Waals surface area contributed by atoms with Gasteiger partial charge in [0.2, 0.25) is 4.80 Å². The second-order valence-electron chi connectivity index (χ2n) is 6.49. The molecule has 3 aromatic rings. The SMILES string of the molecule is Fc1ccc(/C=N\n2c(-c3ccc(Cl)cc3)csc2=NC[C@@H]2CCCO2)cc1. The fourth-order valence-corrected chi connectivity index (χ4v) is 3.95. The summed E-state index contributed by atoms with van der Waals surface area (Å²) in [6, 6.07) is 13.8. The second-order valence-corrected chi connectivity index (χ2v) is 7.77. The Morgan fingerprint density at radius 1 is 1.18 bits per heavy atom. The Kier molecular flexibility index (Phi) is 6.00. The van der Waals surface area contributed by atoms with Crippen LogP contribution in [0.25, 0.3) is 11.3 Å². The third kappa shape index (κ3) is 4.58. The molecule has 0 aliphatic carbocycles. The first-order valence-electron chi connectivity index (χ1n) is 9.07. The van der Waals surface area contributed by atoms with Crippen molar-refractivity contribution in [2.45, 2.75) is 18.9 Å². The number of ether oxygens (including phenoxy) is 1. The number of thiazole rings is 1. The Labute approximate surface area is 171 Å². The molecule has 144 valence electrons. The normalized spacial score (nSPS) is 17.6. The van der Waals surface area contributed by atoms with Crippen LogP contribution in [0.15, 0.2) is 64.0 Å². The summed E-state index contributed by atoms with van der Waals surface area (Å²) in [6.07, 6.45) is 4.01. The van der Waals surface area contributed by atoms with Crippen LogP contribution in [-0.2, 0) is 4.74 Å². The van der Waals surface area contributed by atoms with Crippen LogP contribution in [0.2, 0.25) is 5.02 Å². The highest BCUT2D eigenvalue weighted by Gasteiger charge is 2.15. The van der Waals surface area contributed by atoms with Crippen LogP contribution >= 0.6 is 22.9 Å². The van der Waals surface area contributed by atoms with Crippen LogP contribution in [-0.4, -0.2) is 30.1 Å². The van der Waals surface area contributed by atoms with Crippen molar-refractivity contribution in [2.24, 2.45) is 10.1 Å². The predicted molar refractivity (Wildman–Crippen MR) is 112 cm³/mol. The molecule has 0 N–H and O–H groups in total. The molecule has 1 aliphatic rings. The van der Waals surface area contributed by atoms with E-state index in [0.29, 0.717) is 11.6 Å². The van der Waals surface area contributed by atoms with Gasteiger partial charge in [0.15, 0.2) is 0 Å². The Morgan fingerprint density at radius 2 is 1.96 bits per heavy atom. The average Bonchev–Trinajstić information content (AvgIpc) is 3.36. The number of aromatic nitrogens is 1. The van der Waals surface area contributed by atoms with E-state index in [1.807, 2.05) is 34.3 Å². The Morgan fingerprint density at radius 3 is 2.68 bits per heavy atom. The van der Waals surface area contributed by atoms with E-state index in [0.717, 1.165) is 41.1 Å². The zero-order valence-electron chi connectivity index (χ0n) is 15.1. The van der Waals surface area contributed by atoms with E-state index in [1.165, 1.54) is 23.5 Å². The third-order valence-corrected chi connectivity index (χ3v) is 5.58. The van der Waals surface area contributed by atoms with Gasteiger partial charge in [-0.2, -0.15) is 5.10 Å². The quantitative estimate of drug-likeness (QED) is 0.542. The molecule has 1 aromatic heterocycles. The summed E-state index contributed by atoms with van der Waals surface area (Å²) < 4.78 is 20.6. The number of halogens is 2. The summed E-state index contributed by atoms with van der Waals surface area (Å²) in [5.41, 5.74) is 2.73.